The summed E-state index contributed by atoms with van der Waals surface area (Å²) in [5.74, 6) is -1.19. The van der Waals surface area contributed by atoms with E-state index in [9.17, 15) is 27.2 Å². The summed E-state index contributed by atoms with van der Waals surface area (Å²) in [5, 5.41) is 2.72. The summed E-state index contributed by atoms with van der Waals surface area (Å²) in [7, 11) is 0. The van der Waals surface area contributed by atoms with Gasteiger partial charge < -0.3 is 15.1 Å². The zero-order valence-corrected chi connectivity index (χ0v) is 16.4. The van der Waals surface area contributed by atoms with Crippen LogP contribution >= 0.6 is 11.6 Å². The summed E-state index contributed by atoms with van der Waals surface area (Å²) in [5.41, 5.74) is -0.423. The molecule has 1 aliphatic heterocycles. The molecule has 1 N–H and O–H groups in total. The van der Waals surface area contributed by atoms with E-state index in [0.717, 1.165) is 24.3 Å². The number of anilines is 1. The van der Waals surface area contributed by atoms with Crippen molar-refractivity contribution in [2.24, 2.45) is 0 Å². The van der Waals surface area contributed by atoms with Gasteiger partial charge in [-0.25, -0.2) is 4.39 Å². The predicted octanol–water partition coefficient (Wildman–Crippen LogP) is 3.89. The maximum absolute atomic E-state index is 13.2. The topological polar surface area (TPSA) is 52.7 Å². The Morgan fingerprint density at radius 1 is 1.00 bits per heavy atom. The van der Waals surface area contributed by atoms with E-state index in [1.807, 2.05) is 0 Å². The van der Waals surface area contributed by atoms with Crippen molar-refractivity contribution in [3.8, 4) is 0 Å². The van der Waals surface area contributed by atoms with Gasteiger partial charge in [-0.2, -0.15) is 13.2 Å². The summed E-state index contributed by atoms with van der Waals surface area (Å²) in [6, 6.07) is 8.14. The molecule has 2 amide bonds. The van der Waals surface area contributed by atoms with Crippen LogP contribution in [0, 0.1) is 5.82 Å². The third-order valence-electron chi connectivity index (χ3n) is 4.71. The van der Waals surface area contributed by atoms with E-state index in [1.54, 1.807) is 0 Å². The fourth-order valence-corrected chi connectivity index (χ4v) is 3.34. The van der Waals surface area contributed by atoms with Crippen LogP contribution in [0.25, 0.3) is 0 Å². The van der Waals surface area contributed by atoms with E-state index < -0.39 is 17.6 Å². The quantitative estimate of drug-likeness (QED) is 0.729. The lowest BCUT2D eigenvalue weighted by atomic mass is 10.1. The SMILES string of the molecule is O=C(CNc1cccc(C(F)(F)F)c1)N1CCN(C(=O)c2ccc(F)cc2Cl)CC1. The molecule has 160 valence electrons. The molecule has 2 aromatic rings. The van der Waals surface area contributed by atoms with Crippen molar-refractivity contribution in [1.82, 2.24) is 9.80 Å². The lowest BCUT2D eigenvalue weighted by molar-refractivity contribution is -0.137. The monoisotopic (exact) mass is 443 g/mol. The number of alkyl halides is 3. The molecular weight excluding hydrogens is 426 g/mol. The van der Waals surface area contributed by atoms with Crippen LogP contribution in [-0.2, 0) is 11.0 Å². The van der Waals surface area contributed by atoms with Gasteiger partial charge in [0, 0.05) is 31.9 Å². The Morgan fingerprint density at radius 2 is 1.67 bits per heavy atom. The molecule has 0 saturated carbocycles. The van der Waals surface area contributed by atoms with Gasteiger partial charge in [0.25, 0.3) is 5.91 Å². The molecule has 0 aromatic heterocycles. The van der Waals surface area contributed by atoms with E-state index in [1.165, 1.54) is 28.0 Å². The highest BCUT2D eigenvalue weighted by Gasteiger charge is 2.30. The Labute approximate surface area is 175 Å². The summed E-state index contributed by atoms with van der Waals surface area (Å²) >= 11 is 5.93. The molecule has 1 saturated heterocycles. The Bertz CT molecular complexity index is 944. The maximum atomic E-state index is 13.2. The third kappa shape index (κ3) is 5.21. The summed E-state index contributed by atoms with van der Waals surface area (Å²) in [6.45, 7) is 0.907. The van der Waals surface area contributed by atoms with Crippen LogP contribution in [0.15, 0.2) is 42.5 Å². The van der Waals surface area contributed by atoms with E-state index in [2.05, 4.69) is 5.32 Å². The van der Waals surface area contributed by atoms with E-state index in [-0.39, 0.29) is 60.8 Å². The van der Waals surface area contributed by atoms with Crippen molar-refractivity contribution in [1.29, 1.82) is 0 Å². The molecule has 1 heterocycles. The minimum absolute atomic E-state index is 0.0174. The van der Waals surface area contributed by atoms with Gasteiger partial charge in [-0.3, -0.25) is 9.59 Å². The number of carbonyl (C=O) groups excluding carboxylic acids is 2. The Balaban J connectivity index is 1.52. The normalized spacial score (nSPS) is 14.6. The summed E-state index contributed by atoms with van der Waals surface area (Å²) < 4.78 is 51.4. The molecule has 10 heteroatoms. The smallest absolute Gasteiger partial charge is 0.376 e. The van der Waals surface area contributed by atoms with E-state index >= 15 is 0 Å². The Hall–Kier alpha value is -2.81. The number of carbonyl (C=O) groups is 2. The first kappa shape index (κ1) is 21.9. The van der Waals surface area contributed by atoms with Crippen LogP contribution in [0.4, 0.5) is 23.2 Å². The molecule has 0 spiro atoms. The third-order valence-corrected chi connectivity index (χ3v) is 5.03. The zero-order chi connectivity index (χ0) is 21.9. The number of hydrogen-bond donors (Lipinski definition) is 1. The molecule has 5 nitrogen and oxygen atoms in total. The van der Waals surface area contributed by atoms with Crippen molar-refractivity contribution in [2.45, 2.75) is 6.18 Å². The fraction of sp³-hybridized carbons (Fsp3) is 0.300. The van der Waals surface area contributed by atoms with Crippen molar-refractivity contribution in [2.75, 3.05) is 38.0 Å². The molecule has 0 aliphatic carbocycles. The van der Waals surface area contributed by atoms with Crippen LogP contribution in [0.3, 0.4) is 0 Å². The summed E-state index contributed by atoms with van der Waals surface area (Å²) in [6.07, 6.45) is -4.46. The number of nitrogens with one attached hydrogen (secondary N) is 1. The highest BCUT2D eigenvalue weighted by molar-refractivity contribution is 6.33. The van der Waals surface area contributed by atoms with Crippen molar-refractivity contribution in [3.05, 3.63) is 64.4 Å². The maximum Gasteiger partial charge on any atom is 0.416 e. The van der Waals surface area contributed by atoms with Gasteiger partial charge in [0.05, 0.1) is 22.7 Å². The zero-order valence-electron chi connectivity index (χ0n) is 15.7. The highest BCUT2D eigenvalue weighted by atomic mass is 35.5. The average Bonchev–Trinajstić information content (AvgIpc) is 2.71. The van der Waals surface area contributed by atoms with E-state index in [4.69, 9.17) is 11.6 Å². The molecule has 0 bridgehead atoms. The first-order chi connectivity index (χ1) is 14.1. The second-order valence-electron chi connectivity index (χ2n) is 6.73. The van der Waals surface area contributed by atoms with Crippen LogP contribution in [0.1, 0.15) is 15.9 Å². The molecule has 0 atom stereocenters. The van der Waals surface area contributed by atoms with Crippen LogP contribution in [0.2, 0.25) is 5.02 Å². The standard InChI is InChI=1S/C20H18ClF4N3O2/c21-17-11-14(22)4-5-16(17)19(30)28-8-6-27(7-9-28)18(29)12-26-15-3-1-2-13(10-15)20(23,24)25/h1-5,10-11,26H,6-9,12H2. The van der Waals surface area contributed by atoms with Gasteiger partial charge in [0.15, 0.2) is 0 Å². The van der Waals surface area contributed by atoms with Gasteiger partial charge in [0.2, 0.25) is 5.91 Å². The minimum Gasteiger partial charge on any atom is -0.376 e. The number of nitrogens with zero attached hydrogens (tertiary/aromatic N) is 2. The van der Waals surface area contributed by atoms with Gasteiger partial charge in [-0.15, -0.1) is 0 Å². The van der Waals surface area contributed by atoms with Gasteiger partial charge >= 0.3 is 6.18 Å². The van der Waals surface area contributed by atoms with Crippen LogP contribution < -0.4 is 5.32 Å². The number of piperazine rings is 1. The van der Waals surface area contributed by atoms with E-state index in [0.29, 0.717) is 0 Å². The lowest BCUT2D eigenvalue weighted by Gasteiger charge is -2.35. The van der Waals surface area contributed by atoms with Gasteiger partial charge in [-0.05, 0) is 36.4 Å². The fourth-order valence-electron chi connectivity index (χ4n) is 3.09. The molecule has 2 aromatic carbocycles. The number of amides is 2. The Kier molecular flexibility index (Phi) is 6.50. The highest BCUT2D eigenvalue weighted by Crippen LogP contribution is 2.30. The number of halogens is 5. The Morgan fingerprint density at radius 3 is 2.30 bits per heavy atom. The first-order valence-corrected chi connectivity index (χ1v) is 9.46. The molecule has 3 rings (SSSR count). The number of hydrogen-bond acceptors (Lipinski definition) is 3. The van der Waals surface area contributed by atoms with Gasteiger partial charge in [0.1, 0.15) is 5.82 Å². The first-order valence-electron chi connectivity index (χ1n) is 9.08. The molecule has 1 fully saturated rings. The van der Waals surface area contributed by atoms with Gasteiger partial charge in [-0.1, -0.05) is 17.7 Å². The lowest BCUT2D eigenvalue weighted by Crippen LogP contribution is -2.51. The van der Waals surface area contributed by atoms with Crippen LogP contribution in [0.5, 0.6) is 0 Å². The minimum atomic E-state index is -4.46. The molecule has 1 aliphatic rings. The molecule has 0 radical (unpaired) electrons. The second-order valence-corrected chi connectivity index (χ2v) is 7.14. The largest absolute Gasteiger partial charge is 0.416 e. The van der Waals surface area contributed by atoms with Crippen molar-refractivity contribution >= 4 is 29.1 Å². The van der Waals surface area contributed by atoms with Crippen LogP contribution in [-0.4, -0.2) is 54.3 Å². The number of benzene rings is 2. The molecular formula is C20H18ClF4N3O2. The van der Waals surface area contributed by atoms with Crippen molar-refractivity contribution < 1.29 is 27.2 Å². The average molecular weight is 444 g/mol. The molecule has 30 heavy (non-hydrogen) atoms. The second kappa shape index (κ2) is 8.91. The number of rotatable bonds is 4. The predicted molar refractivity (Wildman–Crippen MR) is 104 cm³/mol. The summed E-state index contributed by atoms with van der Waals surface area (Å²) in [4.78, 5) is 28.0. The molecule has 0 unspecified atom stereocenters. The van der Waals surface area contributed by atoms with Crippen molar-refractivity contribution in [3.63, 3.8) is 0 Å².